The van der Waals surface area contributed by atoms with Gasteiger partial charge in [-0.05, 0) is 74.9 Å². The van der Waals surface area contributed by atoms with Gasteiger partial charge in [-0.15, -0.1) is 0 Å². The fourth-order valence-corrected chi connectivity index (χ4v) is 6.06. The molecule has 6 aromatic rings. The number of hydrogen-bond donors (Lipinski definition) is 0. The van der Waals surface area contributed by atoms with E-state index in [1.807, 2.05) is 6.20 Å². The first kappa shape index (κ1) is 15.9. The Morgan fingerprint density at radius 1 is 0.645 bits per heavy atom. The number of fused-ring (bicyclic) bond motifs is 14. The Labute approximate surface area is 179 Å². The molecule has 144 valence electrons. The van der Waals surface area contributed by atoms with Gasteiger partial charge in [0, 0.05) is 23.2 Å². The lowest BCUT2D eigenvalue weighted by atomic mass is 9.92. The number of pyridine rings is 1. The van der Waals surface area contributed by atoms with Crippen LogP contribution >= 0.6 is 0 Å². The Kier molecular flexibility index (Phi) is 2.77. The number of imidazole rings is 1. The summed E-state index contributed by atoms with van der Waals surface area (Å²) in [5.74, 6) is 0. The van der Waals surface area contributed by atoms with Crippen LogP contribution in [0.3, 0.4) is 0 Å². The van der Waals surface area contributed by atoms with Gasteiger partial charge in [0.25, 0.3) is 0 Å². The molecule has 0 saturated carbocycles. The van der Waals surface area contributed by atoms with Crippen LogP contribution in [0.25, 0.3) is 49.6 Å². The Balaban J connectivity index is 1.54. The van der Waals surface area contributed by atoms with Gasteiger partial charge in [0.1, 0.15) is 5.65 Å². The normalized spacial score (nSPS) is 13.5. The molecule has 2 nitrogen and oxygen atoms in total. The van der Waals surface area contributed by atoms with E-state index in [2.05, 4.69) is 83.4 Å². The first-order chi connectivity index (χ1) is 15.4. The maximum atomic E-state index is 4.72. The lowest BCUT2D eigenvalue weighted by Gasteiger charge is -2.13. The lowest BCUT2D eigenvalue weighted by molar-refractivity contribution is 1.24. The SMILES string of the molecule is c1ccc2c(c1)Cc1ccc3c(c1-2)-c1ccc2c(c1C3)c1ccccc1n1ccnc21. The van der Waals surface area contributed by atoms with Gasteiger partial charge in [-0.3, -0.25) is 4.40 Å². The van der Waals surface area contributed by atoms with Crippen molar-refractivity contribution >= 4 is 27.3 Å². The third-order valence-corrected chi connectivity index (χ3v) is 7.31. The molecule has 2 aromatic heterocycles. The van der Waals surface area contributed by atoms with Gasteiger partial charge in [0.05, 0.1) is 5.52 Å². The molecule has 0 unspecified atom stereocenters. The van der Waals surface area contributed by atoms with Crippen LogP contribution in [0.5, 0.6) is 0 Å². The molecule has 4 aromatic carbocycles. The van der Waals surface area contributed by atoms with E-state index in [-0.39, 0.29) is 0 Å². The molecule has 2 aliphatic rings. The van der Waals surface area contributed by atoms with Crippen LogP contribution in [-0.4, -0.2) is 9.38 Å². The van der Waals surface area contributed by atoms with Gasteiger partial charge in [0.2, 0.25) is 0 Å². The van der Waals surface area contributed by atoms with Crippen LogP contribution in [0.4, 0.5) is 0 Å². The van der Waals surface area contributed by atoms with Crippen LogP contribution < -0.4 is 0 Å². The van der Waals surface area contributed by atoms with Crippen molar-refractivity contribution in [3.05, 3.63) is 107 Å². The molecule has 0 radical (unpaired) electrons. The van der Waals surface area contributed by atoms with E-state index >= 15 is 0 Å². The molecule has 31 heavy (non-hydrogen) atoms. The molecule has 2 heteroatoms. The van der Waals surface area contributed by atoms with Gasteiger partial charge in [-0.1, -0.05) is 60.7 Å². The van der Waals surface area contributed by atoms with Gasteiger partial charge in [-0.2, -0.15) is 0 Å². The summed E-state index contributed by atoms with van der Waals surface area (Å²) in [5.41, 5.74) is 13.8. The predicted molar refractivity (Wildman–Crippen MR) is 127 cm³/mol. The second kappa shape index (κ2) is 5.41. The van der Waals surface area contributed by atoms with Crippen molar-refractivity contribution in [3.8, 4) is 22.3 Å². The Morgan fingerprint density at radius 2 is 1.45 bits per heavy atom. The van der Waals surface area contributed by atoms with E-state index in [9.17, 15) is 0 Å². The van der Waals surface area contributed by atoms with Crippen LogP contribution in [-0.2, 0) is 12.8 Å². The van der Waals surface area contributed by atoms with Crippen molar-refractivity contribution in [2.45, 2.75) is 12.8 Å². The highest BCUT2D eigenvalue weighted by atomic mass is 15.0. The zero-order valence-corrected chi connectivity index (χ0v) is 16.9. The summed E-state index contributed by atoms with van der Waals surface area (Å²) in [4.78, 5) is 4.72. The molecule has 8 rings (SSSR count). The minimum Gasteiger partial charge on any atom is -0.299 e. The minimum absolute atomic E-state index is 0.984. The number of para-hydroxylation sites is 1. The van der Waals surface area contributed by atoms with E-state index in [0.717, 1.165) is 18.5 Å². The van der Waals surface area contributed by atoms with Crippen molar-refractivity contribution < 1.29 is 0 Å². The largest absolute Gasteiger partial charge is 0.299 e. The second-order valence-corrected chi connectivity index (χ2v) is 8.80. The molecule has 2 heterocycles. The maximum Gasteiger partial charge on any atom is 0.145 e. The van der Waals surface area contributed by atoms with Crippen LogP contribution in [0.1, 0.15) is 22.3 Å². The summed E-state index contributed by atoms with van der Waals surface area (Å²) in [6.45, 7) is 0. The number of nitrogens with zero attached hydrogens (tertiary/aromatic N) is 2. The van der Waals surface area contributed by atoms with Gasteiger partial charge >= 0.3 is 0 Å². The van der Waals surface area contributed by atoms with E-state index in [0.29, 0.717) is 0 Å². The van der Waals surface area contributed by atoms with Gasteiger partial charge < -0.3 is 0 Å². The first-order valence-corrected chi connectivity index (χ1v) is 10.9. The second-order valence-electron chi connectivity index (χ2n) is 8.80. The van der Waals surface area contributed by atoms with Crippen LogP contribution in [0.2, 0.25) is 0 Å². The summed E-state index contributed by atoms with van der Waals surface area (Å²) in [6.07, 6.45) is 6.01. The maximum absolute atomic E-state index is 4.72. The van der Waals surface area contributed by atoms with E-state index in [1.165, 1.54) is 66.2 Å². The monoisotopic (exact) mass is 394 g/mol. The molecule has 0 aliphatic heterocycles. The van der Waals surface area contributed by atoms with E-state index in [4.69, 9.17) is 4.98 Å². The van der Waals surface area contributed by atoms with Crippen molar-refractivity contribution in [1.82, 2.24) is 9.38 Å². The fraction of sp³-hybridized carbons (Fsp3) is 0.0690. The molecule has 0 saturated heterocycles. The number of hydrogen-bond acceptors (Lipinski definition) is 1. The molecule has 0 atom stereocenters. The van der Waals surface area contributed by atoms with Gasteiger partial charge in [0.15, 0.2) is 0 Å². The summed E-state index contributed by atoms with van der Waals surface area (Å²) < 4.78 is 2.22. The summed E-state index contributed by atoms with van der Waals surface area (Å²) >= 11 is 0. The van der Waals surface area contributed by atoms with Crippen molar-refractivity contribution in [2.75, 3.05) is 0 Å². The third kappa shape index (κ3) is 1.87. The smallest absolute Gasteiger partial charge is 0.145 e. The molecular weight excluding hydrogens is 376 g/mol. The van der Waals surface area contributed by atoms with E-state index in [1.54, 1.807) is 0 Å². The Morgan fingerprint density at radius 3 is 2.42 bits per heavy atom. The quantitative estimate of drug-likeness (QED) is 0.259. The molecule has 0 amide bonds. The summed E-state index contributed by atoms with van der Waals surface area (Å²) in [5, 5.41) is 3.92. The highest BCUT2D eigenvalue weighted by molar-refractivity contribution is 6.16. The minimum atomic E-state index is 0.984. The third-order valence-electron chi connectivity index (χ3n) is 7.31. The average molecular weight is 394 g/mol. The van der Waals surface area contributed by atoms with Crippen molar-refractivity contribution in [1.29, 1.82) is 0 Å². The molecule has 2 aliphatic carbocycles. The van der Waals surface area contributed by atoms with Crippen molar-refractivity contribution in [3.63, 3.8) is 0 Å². The number of benzene rings is 4. The van der Waals surface area contributed by atoms with Crippen LogP contribution in [0, 0.1) is 0 Å². The average Bonchev–Trinajstić information content (AvgIpc) is 3.53. The number of rotatable bonds is 0. The molecule has 0 fully saturated rings. The standard InChI is InChI=1S/C29H18N2/c1-2-6-20-17(5-1)15-18-9-10-19-16-24-21(27(19)26(18)20)11-12-23-28(24)22-7-3-4-8-25(22)31-14-13-30-29(23)31/h1-14H,15-16H2. The Hall–Kier alpha value is -3.91. The molecule has 0 bridgehead atoms. The predicted octanol–water partition coefficient (Wildman–Crippen LogP) is 6.78. The zero-order chi connectivity index (χ0) is 20.1. The summed E-state index contributed by atoms with van der Waals surface area (Å²) in [6, 6.07) is 27.0. The zero-order valence-electron chi connectivity index (χ0n) is 16.9. The highest BCUT2D eigenvalue weighted by Crippen LogP contribution is 2.51. The molecule has 0 spiro atoms. The highest BCUT2D eigenvalue weighted by Gasteiger charge is 2.30. The van der Waals surface area contributed by atoms with E-state index < -0.39 is 0 Å². The Bertz CT molecular complexity index is 1740. The topological polar surface area (TPSA) is 17.3 Å². The molecule has 0 N–H and O–H groups in total. The first-order valence-electron chi connectivity index (χ1n) is 10.9. The fourth-order valence-electron chi connectivity index (χ4n) is 6.06. The van der Waals surface area contributed by atoms with Crippen molar-refractivity contribution in [2.24, 2.45) is 0 Å². The lowest BCUT2D eigenvalue weighted by Crippen LogP contribution is -1.93. The summed E-state index contributed by atoms with van der Waals surface area (Å²) in [7, 11) is 0. The van der Waals surface area contributed by atoms with Crippen LogP contribution in [0.15, 0.2) is 85.2 Å². The number of aromatic nitrogens is 2. The van der Waals surface area contributed by atoms with Gasteiger partial charge in [-0.25, -0.2) is 4.98 Å². The molecular formula is C29H18N2.